The van der Waals surface area contributed by atoms with Crippen LogP contribution in [-0.2, 0) is 9.59 Å². The van der Waals surface area contributed by atoms with Gasteiger partial charge in [-0.3, -0.25) is 9.59 Å². The molecule has 22 heavy (non-hydrogen) atoms. The second kappa shape index (κ2) is 7.35. The van der Waals surface area contributed by atoms with E-state index >= 15 is 0 Å². The molecule has 8 heteroatoms. The van der Waals surface area contributed by atoms with Crippen molar-refractivity contribution < 1.29 is 23.9 Å². The largest absolute Gasteiger partial charge is 0.480 e. The molecule has 0 aliphatic heterocycles. The molecular formula is C14H16BrFN2O4. The minimum atomic E-state index is -1.38. The minimum absolute atomic E-state index is 0.00329. The van der Waals surface area contributed by atoms with Crippen LogP contribution < -0.4 is 10.6 Å². The number of aliphatic carboxylic acids is 1. The van der Waals surface area contributed by atoms with Crippen LogP contribution >= 0.6 is 15.9 Å². The van der Waals surface area contributed by atoms with Crippen LogP contribution in [-0.4, -0.2) is 35.0 Å². The van der Waals surface area contributed by atoms with Crippen molar-refractivity contribution in [1.29, 1.82) is 0 Å². The van der Waals surface area contributed by atoms with Crippen molar-refractivity contribution in [3.8, 4) is 0 Å². The van der Waals surface area contributed by atoms with E-state index in [0.717, 1.165) is 6.07 Å². The van der Waals surface area contributed by atoms with Crippen molar-refractivity contribution in [3.05, 3.63) is 34.1 Å². The Hall–Kier alpha value is -1.96. The van der Waals surface area contributed by atoms with Gasteiger partial charge in [-0.1, -0.05) is 0 Å². The Balaban J connectivity index is 2.50. The van der Waals surface area contributed by atoms with Crippen LogP contribution in [0.2, 0.25) is 0 Å². The summed E-state index contributed by atoms with van der Waals surface area (Å²) in [6.45, 7) is 2.72. The Morgan fingerprint density at radius 1 is 1.32 bits per heavy atom. The molecule has 120 valence electrons. The zero-order valence-electron chi connectivity index (χ0n) is 12.1. The highest BCUT2D eigenvalue weighted by atomic mass is 79.9. The number of hydrogen-bond donors (Lipinski definition) is 3. The van der Waals surface area contributed by atoms with Gasteiger partial charge in [0.25, 0.3) is 5.91 Å². The van der Waals surface area contributed by atoms with E-state index in [1.807, 2.05) is 0 Å². The summed E-state index contributed by atoms with van der Waals surface area (Å²) in [7, 11) is 0. The molecule has 0 bridgehead atoms. The average Bonchev–Trinajstić information content (AvgIpc) is 2.40. The van der Waals surface area contributed by atoms with Crippen LogP contribution in [0.4, 0.5) is 4.39 Å². The van der Waals surface area contributed by atoms with Gasteiger partial charge < -0.3 is 15.7 Å². The summed E-state index contributed by atoms with van der Waals surface area (Å²) in [6.07, 6.45) is -0.0879. The maximum absolute atomic E-state index is 13.1. The zero-order valence-corrected chi connectivity index (χ0v) is 13.7. The van der Waals surface area contributed by atoms with Crippen LogP contribution in [0, 0.1) is 5.82 Å². The predicted octanol–water partition coefficient (Wildman–Crippen LogP) is 1.69. The Labute approximate surface area is 135 Å². The van der Waals surface area contributed by atoms with Crippen molar-refractivity contribution in [2.24, 2.45) is 0 Å². The van der Waals surface area contributed by atoms with E-state index in [1.165, 1.54) is 26.0 Å². The molecule has 0 fully saturated rings. The number of benzene rings is 1. The molecule has 3 N–H and O–H groups in total. The van der Waals surface area contributed by atoms with Gasteiger partial charge in [-0.05, 0) is 48.0 Å². The quantitative estimate of drug-likeness (QED) is 0.705. The predicted molar refractivity (Wildman–Crippen MR) is 80.9 cm³/mol. The second-order valence-electron chi connectivity index (χ2n) is 5.11. The summed E-state index contributed by atoms with van der Waals surface area (Å²) >= 11 is 3.14. The van der Waals surface area contributed by atoms with Crippen molar-refractivity contribution in [2.45, 2.75) is 25.8 Å². The van der Waals surface area contributed by atoms with Gasteiger partial charge in [0.2, 0.25) is 5.91 Å². The molecule has 0 saturated heterocycles. The topological polar surface area (TPSA) is 95.5 Å². The normalized spacial score (nSPS) is 10.9. The van der Waals surface area contributed by atoms with Crippen LogP contribution in [0.3, 0.4) is 0 Å². The summed E-state index contributed by atoms with van der Waals surface area (Å²) in [5, 5.41) is 13.7. The molecule has 1 aromatic carbocycles. The Morgan fingerprint density at radius 3 is 2.55 bits per heavy atom. The van der Waals surface area contributed by atoms with Crippen LogP contribution in [0.1, 0.15) is 30.6 Å². The molecule has 0 radical (unpaired) electrons. The van der Waals surface area contributed by atoms with E-state index in [-0.39, 0.29) is 18.5 Å². The van der Waals surface area contributed by atoms with Crippen molar-refractivity contribution in [1.82, 2.24) is 10.6 Å². The molecule has 6 nitrogen and oxygen atoms in total. The number of carbonyl (C=O) groups excluding carboxylic acids is 2. The third-order valence-corrected chi connectivity index (χ3v) is 3.49. The molecule has 1 rings (SSSR count). The van der Waals surface area contributed by atoms with E-state index in [4.69, 9.17) is 5.11 Å². The number of carboxylic acids is 1. The summed E-state index contributed by atoms with van der Waals surface area (Å²) in [5.74, 6) is -2.74. The fourth-order valence-electron chi connectivity index (χ4n) is 1.52. The Bertz CT molecular complexity index is 605. The lowest BCUT2D eigenvalue weighted by Gasteiger charge is -2.20. The number of amides is 2. The van der Waals surface area contributed by atoms with Gasteiger partial charge in [-0.15, -0.1) is 0 Å². The molecule has 0 aromatic heterocycles. The summed E-state index contributed by atoms with van der Waals surface area (Å²) in [6, 6.07) is 3.70. The van der Waals surface area contributed by atoms with E-state index < -0.39 is 29.1 Å². The molecule has 0 aliphatic carbocycles. The van der Waals surface area contributed by atoms with Gasteiger partial charge in [0.15, 0.2) is 0 Å². The van der Waals surface area contributed by atoms with E-state index in [2.05, 4.69) is 26.6 Å². The maximum atomic E-state index is 13.1. The summed E-state index contributed by atoms with van der Waals surface area (Å²) in [5.41, 5.74) is -1.27. The molecule has 0 aliphatic rings. The lowest BCUT2D eigenvalue weighted by atomic mass is 10.1. The lowest BCUT2D eigenvalue weighted by molar-refractivity contribution is -0.146. The number of rotatable bonds is 6. The number of hydrogen-bond acceptors (Lipinski definition) is 3. The first-order valence-corrected chi connectivity index (χ1v) is 7.20. The molecule has 0 heterocycles. The summed E-state index contributed by atoms with van der Waals surface area (Å²) < 4.78 is 13.5. The first-order chi connectivity index (χ1) is 10.1. The van der Waals surface area contributed by atoms with Gasteiger partial charge in [-0.2, -0.15) is 0 Å². The van der Waals surface area contributed by atoms with Crippen molar-refractivity contribution in [3.63, 3.8) is 0 Å². The van der Waals surface area contributed by atoms with Gasteiger partial charge in [-0.25, -0.2) is 9.18 Å². The number of carboxylic acid groups (broad SMARTS) is 1. The third-order valence-electron chi connectivity index (χ3n) is 2.80. The summed E-state index contributed by atoms with van der Waals surface area (Å²) in [4.78, 5) is 34.3. The number of carbonyl (C=O) groups is 3. The van der Waals surface area contributed by atoms with Gasteiger partial charge in [0.05, 0.1) is 5.56 Å². The minimum Gasteiger partial charge on any atom is -0.480 e. The van der Waals surface area contributed by atoms with E-state index in [1.54, 1.807) is 0 Å². The fourth-order valence-corrected chi connectivity index (χ4v) is 1.95. The SMILES string of the molecule is CC(C)(NC(=O)CCNC(=O)c1cc(F)ccc1Br)C(=O)O. The molecule has 0 saturated carbocycles. The number of nitrogens with one attached hydrogen (secondary N) is 2. The maximum Gasteiger partial charge on any atom is 0.328 e. The van der Waals surface area contributed by atoms with Crippen LogP contribution in [0.25, 0.3) is 0 Å². The molecule has 1 aromatic rings. The van der Waals surface area contributed by atoms with Gasteiger partial charge in [0, 0.05) is 17.4 Å². The standard InChI is InChI=1S/C14H16BrFN2O4/c1-14(2,13(21)22)18-11(19)5-6-17-12(20)9-7-8(16)3-4-10(9)15/h3-4,7H,5-6H2,1-2H3,(H,17,20)(H,18,19)(H,21,22). The number of halogens is 2. The molecule has 0 spiro atoms. The lowest BCUT2D eigenvalue weighted by Crippen LogP contribution is -2.50. The highest BCUT2D eigenvalue weighted by Gasteiger charge is 2.28. The van der Waals surface area contributed by atoms with Crippen LogP contribution in [0.5, 0.6) is 0 Å². The fraction of sp³-hybridized carbons (Fsp3) is 0.357. The molecule has 0 unspecified atom stereocenters. The third kappa shape index (κ3) is 5.10. The highest BCUT2D eigenvalue weighted by Crippen LogP contribution is 2.17. The Morgan fingerprint density at radius 2 is 1.95 bits per heavy atom. The molecule has 0 atom stereocenters. The zero-order chi connectivity index (χ0) is 16.9. The van der Waals surface area contributed by atoms with Gasteiger partial charge in [0.1, 0.15) is 11.4 Å². The second-order valence-corrected chi connectivity index (χ2v) is 5.96. The average molecular weight is 375 g/mol. The monoisotopic (exact) mass is 374 g/mol. The van der Waals surface area contributed by atoms with Crippen LogP contribution in [0.15, 0.2) is 22.7 Å². The van der Waals surface area contributed by atoms with E-state index in [9.17, 15) is 18.8 Å². The van der Waals surface area contributed by atoms with E-state index in [0.29, 0.717) is 4.47 Å². The van der Waals surface area contributed by atoms with Gasteiger partial charge >= 0.3 is 5.97 Å². The molecular weight excluding hydrogens is 359 g/mol. The smallest absolute Gasteiger partial charge is 0.328 e. The highest BCUT2D eigenvalue weighted by molar-refractivity contribution is 9.10. The first kappa shape index (κ1) is 18.1. The van der Waals surface area contributed by atoms with Crippen molar-refractivity contribution in [2.75, 3.05) is 6.54 Å². The Kier molecular flexibility index (Phi) is 6.04. The molecule has 2 amide bonds. The first-order valence-electron chi connectivity index (χ1n) is 6.41. The van der Waals surface area contributed by atoms with Crippen molar-refractivity contribution >= 4 is 33.7 Å².